The van der Waals surface area contributed by atoms with Gasteiger partial charge in [0.15, 0.2) is 0 Å². The van der Waals surface area contributed by atoms with Crippen molar-refractivity contribution < 1.29 is 14.7 Å². The summed E-state index contributed by atoms with van der Waals surface area (Å²) in [6, 6.07) is 0. The molecule has 0 aliphatic heterocycles. The van der Waals surface area contributed by atoms with Crippen LogP contribution in [0.2, 0.25) is 0 Å². The molecular formula is C5H15N3O3. The van der Waals surface area contributed by atoms with Gasteiger partial charge in [-0.1, -0.05) is 0 Å². The number of hydroxylamine groups is 3. The van der Waals surface area contributed by atoms with E-state index in [0.717, 1.165) is 5.23 Å². The Morgan fingerprint density at radius 1 is 1.36 bits per heavy atom. The molecule has 6 heteroatoms. The van der Waals surface area contributed by atoms with Gasteiger partial charge in [-0.25, -0.2) is 0 Å². The number of nitrogens with zero attached hydrogens (tertiary/aromatic N) is 1. The Labute approximate surface area is 66.2 Å². The maximum Gasteiger partial charge on any atom is 0.0764 e. The quantitative estimate of drug-likeness (QED) is 0.418. The van der Waals surface area contributed by atoms with E-state index in [1.165, 1.54) is 0 Å². The third-order valence-electron chi connectivity index (χ3n) is 0.669. The van der Waals surface area contributed by atoms with E-state index < -0.39 is 0 Å². The Kier molecular flexibility index (Phi) is 6.33. The molecule has 0 aliphatic carbocycles. The molecule has 0 unspecified atom stereocenters. The molecule has 0 saturated carbocycles. The summed E-state index contributed by atoms with van der Waals surface area (Å²) in [5.74, 6) is 0. The lowest BCUT2D eigenvalue weighted by Crippen LogP contribution is -2.33. The second-order valence-electron chi connectivity index (χ2n) is 2.07. The maximum atomic E-state index is 5.04. The minimum absolute atomic E-state index is 0.0661. The summed E-state index contributed by atoms with van der Waals surface area (Å²) in [5, 5.41) is 1.15. The molecule has 11 heavy (non-hydrogen) atoms. The predicted octanol–water partition coefficient (Wildman–Crippen LogP) is -0.240. The Bertz CT molecular complexity index is 91.0. The maximum absolute atomic E-state index is 5.04. The van der Waals surface area contributed by atoms with E-state index in [0.29, 0.717) is 0 Å². The summed E-state index contributed by atoms with van der Waals surface area (Å²) in [5.41, 5.74) is 4.49. The van der Waals surface area contributed by atoms with Gasteiger partial charge in [-0.15, -0.1) is 0 Å². The zero-order valence-electron chi connectivity index (χ0n) is 7.25. The minimum Gasteiger partial charge on any atom is -0.270 e. The molecule has 0 aliphatic rings. The van der Waals surface area contributed by atoms with Gasteiger partial charge in [-0.05, 0) is 24.7 Å². The molecule has 0 spiro atoms. The first-order valence-electron chi connectivity index (χ1n) is 3.32. The van der Waals surface area contributed by atoms with Gasteiger partial charge in [-0.3, -0.25) is 4.84 Å². The van der Waals surface area contributed by atoms with E-state index in [9.17, 15) is 0 Å². The second-order valence-corrected chi connectivity index (χ2v) is 2.07. The number of rotatable bonds is 6. The summed E-state index contributed by atoms with van der Waals surface area (Å²) >= 11 is 0. The average Bonchev–Trinajstić information content (AvgIpc) is 1.86. The van der Waals surface area contributed by atoms with Crippen molar-refractivity contribution in [2.45, 2.75) is 20.0 Å². The molecule has 6 nitrogen and oxygen atoms in total. The normalized spacial score (nSPS) is 11.5. The molecule has 0 fully saturated rings. The summed E-state index contributed by atoms with van der Waals surface area (Å²) in [6.07, 6.45) is 0.0661. The molecule has 0 radical (unpaired) electrons. The number of hydrogen-bond donors (Lipinski definition) is 2. The van der Waals surface area contributed by atoms with Crippen LogP contribution in [0, 0.1) is 0 Å². The van der Waals surface area contributed by atoms with Crippen molar-refractivity contribution in [2.75, 3.05) is 14.1 Å². The van der Waals surface area contributed by atoms with Gasteiger partial charge < -0.3 is 0 Å². The number of nitrogens with one attached hydrogen (secondary N) is 2. The summed E-state index contributed by atoms with van der Waals surface area (Å²) in [6.45, 7) is 3.78. The first-order valence-corrected chi connectivity index (χ1v) is 3.32. The van der Waals surface area contributed by atoms with E-state index in [1.54, 1.807) is 14.1 Å². The van der Waals surface area contributed by atoms with E-state index >= 15 is 0 Å². The van der Waals surface area contributed by atoms with Crippen molar-refractivity contribution in [3.05, 3.63) is 0 Å². The molecular weight excluding hydrogens is 150 g/mol. The lowest BCUT2D eigenvalue weighted by atomic mass is 10.5. The molecule has 0 aromatic heterocycles. The first kappa shape index (κ1) is 10.8. The molecule has 2 N–H and O–H groups in total. The largest absolute Gasteiger partial charge is 0.270 e. The van der Waals surface area contributed by atoms with Crippen LogP contribution in [0.25, 0.3) is 0 Å². The highest BCUT2D eigenvalue weighted by Gasteiger charge is 2.00. The van der Waals surface area contributed by atoms with Gasteiger partial charge in [0, 0.05) is 14.1 Å². The van der Waals surface area contributed by atoms with Crippen LogP contribution in [0.3, 0.4) is 0 Å². The van der Waals surface area contributed by atoms with Crippen molar-refractivity contribution in [1.29, 1.82) is 0 Å². The smallest absolute Gasteiger partial charge is 0.0764 e. The molecule has 0 aromatic carbocycles. The molecule has 68 valence electrons. The predicted molar refractivity (Wildman–Crippen MR) is 38.3 cm³/mol. The lowest BCUT2D eigenvalue weighted by Gasteiger charge is -2.17. The Morgan fingerprint density at radius 3 is 2.45 bits per heavy atom. The molecule has 0 saturated heterocycles. The monoisotopic (exact) mass is 165 g/mol. The van der Waals surface area contributed by atoms with Crippen LogP contribution in [0.1, 0.15) is 13.8 Å². The summed E-state index contributed by atoms with van der Waals surface area (Å²) in [4.78, 5) is 14.1. The van der Waals surface area contributed by atoms with Crippen molar-refractivity contribution >= 4 is 0 Å². The SMILES string of the molecule is CNONON(C)OC(C)C. The van der Waals surface area contributed by atoms with Gasteiger partial charge in [0.05, 0.1) is 6.10 Å². The van der Waals surface area contributed by atoms with E-state index in [2.05, 4.69) is 21.0 Å². The zero-order valence-corrected chi connectivity index (χ0v) is 7.25. The van der Waals surface area contributed by atoms with Crippen LogP contribution in [-0.2, 0) is 14.7 Å². The fourth-order valence-corrected chi connectivity index (χ4v) is 0.431. The molecule has 0 aromatic rings. The highest BCUT2D eigenvalue weighted by atomic mass is 17.1. The van der Waals surface area contributed by atoms with Crippen LogP contribution in [0.4, 0.5) is 0 Å². The number of hydrogen-bond acceptors (Lipinski definition) is 6. The summed E-state index contributed by atoms with van der Waals surface area (Å²) in [7, 11) is 3.20. The lowest BCUT2D eigenvalue weighted by molar-refractivity contribution is -0.437. The van der Waals surface area contributed by atoms with Crippen molar-refractivity contribution in [1.82, 2.24) is 16.4 Å². The second kappa shape index (κ2) is 6.47. The van der Waals surface area contributed by atoms with Gasteiger partial charge in [0.25, 0.3) is 0 Å². The third kappa shape index (κ3) is 7.66. The van der Waals surface area contributed by atoms with Crippen LogP contribution >= 0.6 is 0 Å². The highest BCUT2D eigenvalue weighted by molar-refractivity contribution is 4.27. The van der Waals surface area contributed by atoms with Crippen molar-refractivity contribution in [2.24, 2.45) is 0 Å². The standard InChI is InChI=1S/C5H15N3O3/c1-5(2)9-8(4)11-7-10-6-3/h5-7H,1-4H3. The molecule has 0 amide bonds. The molecule has 0 atom stereocenters. The Hall–Kier alpha value is -0.240. The van der Waals surface area contributed by atoms with Crippen molar-refractivity contribution in [3.8, 4) is 0 Å². The average molecular weight is 165 g/mol. The van der Waals surface area contributed by atoms with Crippen LogP contribution in [0.15, 0.2) is 0 Å². The van der Waals surface area contributed by atoms with Crippen molar-refractivity contribution in [3.63, 3.8) is 0 Å². The fourth-order valence-electron chi connectivity index (χ4n) is 0.431. The van der Waals surface area contributed by atoms with Crippen LogP contribution in [-0.4, -0.2) is 25.4 Å². The van der Waals surface area contributed by atoms with Crippen LogP contribution in [0.5, 0.6) is 0 Å². The van der Waals surface area contributed by atoms with E-state index in [-0.39, 0.29) is 6.10 Å². The highest BCUT2D eigenvalue weighted by Crippen LogP contribution is 1.91. The molecule has 0 bridgehead atoms. The van der Waals surface area contributed by atoms with E-state index in [4.69, 9.17) is 4.84 Å². The topological polar surface area (TPSA) is 55.0 Å². The fraction of sp³-hybridized carbons (Fsp3) is 1.00. The molecule has 0 rings (SSSR count). The first-order chi connectivity index (χ1) is 5.16. The third-order valence-corrected chi connectivity index (χ3v) is 0.669. The summed E-state index contributed by atoms with van der Waals surface area (Å²) < 4.78 is 0. The minimum atomic E-state index is 0.0661. The van der Waals surface area contributed by atoms with Gasteiger partial charge in [-0.2, -0.15) is 15.4 Å². The van der Waals surface area contributed by atoms with E-state index in [1.807, 2.05) is 13.8 Å². The molecule has 0 heterocycles. The Balaban J connectivity index is 3.15. The zero-order chi connectivity index (χ0) is 8.69. The van der Waals surface area contributed by atoms with Gasteiger partial charge >= 0.3 is 0 Å². The van der Waals surface area contributed by atoms with Crippen LogP contribution < -0.4 is 11.1 Å². The Morgan fingerprint density at radius 2 is 2.00 bits per heavy atom. The van der Waals surface area contributed by atoms with Gasteiger partial charge in [0.1, 0.15) is 0 Å². The van der Waals surface area contributed by atoms with Gasteiger partial charge in [0.2, 0.25) is 0 Å².